The molecule has 31 heavy (non-hydrogen) atoms. The number of fused-ring (bicyclic) bond motifs is 1. The van der Waals surface area contributed by atoms with E-state index in [1.807, 2.05) is 0 Å². The van der Waals surface area contributed by atoms with Crippen LogP contribution in [-0.2, 0) is 27.5 Å². The number of anilines is 1. The van der Waals surface area contributed by atoms with Gasteiger partial charge >= 0.3 is 6.18 Å². The maximum absolute atomic E-state index is 14.8. The van der Waals surface area contributed by atoms with Gasteiger partial charge in [-0.15, -0.1) is 0 Å². The summed E-state index contributed by atoms with van der Waals surface area (Å²) in [6, 6.07) is 2.23. The van der Waals surface area contributed by atoms with Gasteiger partial charge in [-0.25, -0.2) is 4.39 Å². The van der Waals surface area contributed by atoms with Crippen molar-refractivity contribution >= 4 is 23.2 Å². The maximum atomic E-state index is 14.8. The van der Waals surface area contributed by atoms with E-state index >= 15 is 0 Å². The Balaban J connectivity index is 1.70. The minimum atomic E-state index is -4.77. The number of carbonyl (C=O) groups excluding carboxylic acids is 1. The number of aryl methyl sites for hydroxylation is 1. The molecule has 0 saturated carbocycles. The van der Waals surface area contributed by atoms with Gasteiger partial charge in [0, 0.05) is 31.6 Å². The molecule has 0 aliphatic carbocycles. The van der Waals surface area contributed by atoms with Crippen LogP contribution in [0.15, 0.2) is 12.1 Å². The normalized spacial score (nSPS) is 17.6. The van der Waals surface area contributed by atoms with Crippen LogP contribution in [0.25, 0.3) is 11.3 Å². The van der Waals surface area contributed by atoms with E-state index in [0.717, 1.165) is 19.5 Å². The number of carbonyl (C=O) groups is 1. The van der Waals surface area contributed by atoms with Crippen molar-refractivity contribution < 1.29 is 36.6 Å². The fourth-order valence-electron chi connectivity index (χ4n) is 3.56. The Morgan fingerprint density at radius 2 is 1.97 bits per heavy atom. The molecule has 0 bridgehead atoms. The largest absolute Gasteiger partial charge is 0.481 e. The fourth-order valence-corrected chi connectivity index (χ4v) is 3.93. The minimum absolute atomic E-state index is 0.0921. The van der Waals surface area contributed by atoms with E-state index in [4.69, 9.17) is 25.8 Å². The third kappa shape index (κ3) is 4.21. The van der Waals surface area contributed by atoms with Crippen molar-refractivity contribution in [3.8, 4) is 17.0 Å². The van der Waals surface area contributed by atoms with Crippen molar-refractivity contribution in [3.05, 3.63) is 28.7 Å². The van der Waals surface area contributed by atoms with Crippen LogP contribution < -0.4 is 9.64 Å². The number of benzene rings is 1. The molecular formula is C19H18ClF4N3O4. The molecule has 4 rings (SSSR count). The van der Waals surface area contributed by atoms with Gasteiger partial charge < -0.3 is 19.1 Å². The summed E-state index contributed by atoms with van der Waals surface area (Å²) in [7, 11) is 1.07. The van der Waals surface area contributed by atoms with Gasteiger partial charge in [0.25, 0.3) is 5.91 Å². The molecule has 0 N–H and O–H groups in total. The highest BCUT2D eigenvalue weighted by atomic mass is 35.5. The molecule has 2 aliphatic heterocycles. The number of rotatable bonds is 4. The van der Waals surface area contributed by atoms with Crippen LogP contribution in [0.2, 0.25) is 5.02 Å². The predicted octanol–water partition coefficient (Wildman–Crippen LogP) is 3.78. The smallest absolute Gasteiger partial charge is 0.434 e. The Labute approximate surface area is 179 Å². The second-order valence-corrected chi connectivity index (χ2v) is 7.46. The van der Waals surface area contributed by atoms with Gasteiger partial charge in [-0.1, -0.05) is 11.6 Å². The van der Waals surface area contributed by atoms with Gasteiger partial charge in [-0.3, -0.25) is 9.48 Å². The lowest BCUT2D eigenvalue weighted by Crippen LogP contribution is -2.41. The Morgan fingerprint density at radius 1 is 1.26 bits per heavy atom. The fraction of sp³-hybridized carbons (Fsp3) is 0.474. The van der Waals surface area contributed by atoms with E-state index in [2.05, 4.69) is 5.10 Å². The second kappa shape index (κ2) is 8.29. The summed E-state index contributed by atoms with van der Waals surface area (Å²) in [5.74, 6) is -1.17. The lowest BCUT2D eigenvalue weighted by atomic mass is 10.1. The van der Waals surface area contributed by atoms with Gasteiger partial charge in [0.2, 0.25) is 0 Å². The van der Waals surface area contributed by atoms with Gasteiger partial charge in [0.15, 0.2) is 18.6 Å². The molecule has 1 aromatic carbocycles. The summed E-state index contributed by atoms with van der Waals surface area (Å²) in [5, 5.41) is 3.03. The average molecular weight is 464 g/mol. The molecule has 168 valence electrons. The Hall–Kier alpha value is -2.37. The average Bonchev–Trinajstić information content (AvgIpc) is 3.01. The summed E-state index contributed by atoms with van der Waals surface area (Å²) >= 11 is 5.92. The summed E-state index contributed by atoms with van der Waals surface area (Å²) in [5.41, 5.74) is -1.65. The summed E-state index contributed by atoms with van der Waals surface area (Å²) in [6.07, 6.45) is -4.11. The zero-order chi connectivity index (χ0) is 22.3. The third-order valence-electron chi connectivity index (χ3n) is 4.99. The first kappa shape index (κ1) is 21.8. The number of alkyl halides is 3. The van der Waals surface area contributed by atoms with E-state index < -0.39 is 29.0 Å². The van der Waals surface area contributed by atoms with E-state index in [0.29, 0.717) is 24.3 Å². The highest BCUT2D eigenvalue weighted by Crippen LogP contribution is 2.43. The molecule has 12 heteroatoms. The molecule has 0 spiro atoms. The minimum Gasteiger partial charge on any atom is -0.481 e. The Morgan fingerprint density at radius 3 is 2.61 bits per heavy atom. The lowest BCUT2D eigenvalue weighted by molar-refractivity contribution is -0.179. The molecule has 0 atom stereocenters. The third-order valence-corrected chi connectivity index (χ3v) is 5.35. The van der Waals surface area contributed by atoms with Crippen molar-refractivity contribution in [1.29, 1.82) is 0 Å². The number of ether oxygens (including phenoxy) is 3. The topological polar surface area (TPSA) is 65.8 Å². The predicted molar refractivity (Wildman–Crippen MR) is 101 cm³/mol. The molecule has 1 aromatic heterocycles. The molecule has 3 heterocycles. The van der Waals surface area contributed by atoms with Gasteiger partial charge in [0.05, 0.1) is 23.9 Å². The van der Waals surface area contributed by atoms with Gasteiger partial charge in [-0.05, 0) is 12.5 Å². The molecule has 7 nitrogen and oxygen atoms in total. The molecule has 0 unspecified atom stereocenters. The van der Waals surface area contributed by atoms with E-state index in [9.17, 15) is 22.4 Å². The van der Waals surface area contributed by atoms with Crippen LogP contribution in [0, 0.1) is 5.82 Å². The molecule has 0 radical (unpaired) electrons. The van der Waals surface area contributed by atoms with Crippen molar-refractivity contribution in [1.82, 2.24) is 9.78 Å². The summed E-state index contributed by atoms with van der Waals surface area (Å²) < 4.78 is 71.4. The number of aromatic nitrogens is 2. The van der Waals surface area contributed by atoms with Gasteiger partial charge in [0.1, 0.15) is 17.3 Å². The second-order valence-electron chi connectivity index (χ2n) is 7.08. The van der Waals surface area contributed by atoms with Crippen LogP contribution in [0.4, 0.5) is 23.2 Å². The van der Waals surface area contributed by atoms with Crippen molar-refractivity contribution in [2.75, 3.05) is 31.3 Å². The standard InChI is InChI=1S/C19H18ClF4N3O4/c1-26-18(19(22,23)24)16(20)17(25-26)10-7-12-13(8-11(10)21)31-9-14(28)27(12)4-3-15-29-5-2-6-30-15/h7-8,15H,2-6,9H2,1H3. The molecular weight excluding hydrogens is 446 g/mol. The lowest BCUT2D eigenvalue weighted by Gasteiger charge is -2.31. The van der Waals surface area contributed by atoms with Gasteiger partial charge in [-0.2, -0.15) is 18.3 Å². The SMILES string of the molecule is Cn1nc(-c2cc3c(cc2F)OCC(=O)N3CCC2OCCCO2)c(Cl)c1C(F)(F)F. The van der Waals surface area contributed by atoms with Crippen molar-refractivity contribution in [2.24, 2.45) is 7.05 Å². The van der Waals surface area contributed by atoms with Crippen LogP contribution in [-0.4, -0.2) is 48.3 Å². The number of amides is 1. The van der Waals surface area contributed by atoms with E-state index in [1.165, 1.54) is 11.0 Å². The Kier molecular flexibility index (Phi) is 5.84. The Bertz CT molecular complexity index is 1010. The molecule has 2 aromatic rings. The zero-order valence-electron chi connectivity index (χ0n) is 16.3. The van der Waals surface area contributed by atoms with Crippen molar-refractivity contribution in [3.63, 3.8) is 0 Å². The van der Waals surface area contributed by atoms with Crippen LogP contribution in [0.5, 0.6) is 5.75 Å². The summed E-state index contributed by atoms with van der Waals surface area (Å²) in [6.45, 7) is 0.996. The number of hydrogen-bond donors (Lipinski definition) is 0. The molecule has 1 saturated heterocycles. The highest BCUT2D eigenvalue weighted by molar-refractivity contribution is 6.33. The van der Waals surface area contributed by atoms with Crippen LogP contribution in [0.1, 0.15) is 18.5 Å². The summed E-state index contributed by atoms with van der Waals surface area (Å²) in [4.78, 5) is 13.8. The number of halogens is 5. The maximum Gasteiger partial charge on any atom is 0.434 e. The number of hydrogen-bond acceptors (Lipinski definition) is 5. The van der Waals surface area contributed by atoms with E-state index in [1.54, 1.807) is 0 Å². The quantitative estimate of drug-likeness (QED) is 0.646. The van der Waals surface area contributed by atoms with Crippen LogP contribution in [0.3, 0.4) is 0 Å². The first-order valence-corrected chi connectivity index (χ1v) is 9.84. The van der Waals surface area contributed by atoms with E-state index in [-0.39, 0.29) is 41.8 Å². The molecule has 1 amide bonds. The highest BCUT2D eigenvalue weighted by Gasteiger charge is 2.40. The first-order valence-electron chi connectivity index (χ1n) is 9.46. The molecule has 1 fully saturated rings. The number of nitrogens with zero attached hydrogens (tertiary/aromatic N) is 3. The monoisotopic (exact) mass is 463 g/mol. The van der Waals surface area contributed by atoms with Crippen LogP contribution >= 0.6 is 11.6 Å². The van der Waals surface area contributed by atoms with Crippen molar-refractivity contribution in [2.45, 2.75) is 25.3 Å². The first-order chi connectivity index (χ1) is 14.7. The molecule has 2 aliphatic rings. The zero-order valence-corrected chi connectivity index (χ0v) is 17.1.